The van der Waals surface area contributed by atoms with Crippen LogP contribution in [0.25, 0.3) is 22.3 Å². The van der Waals surface area contributed by atoms with Crippen molar-refractivity contribution in [1.29, 1.82) is 0 Å². The number of fused-ring (bicyclic) bond motifs is 1. The lowest BCUT2D eigenvalue weighted by Gasteiger charge is -2.12. The van der Waals surface area contributed by atoms with E-state index in [1.165, 1.54) is 44.2 Å². The standard InChI is InChI=1S/C24H18O10/c1-5-23(29)33-16-9-21(32-14(4)27)24-17(28)11-19(34-22(24)10-16)15-6-7-18(30-12(2)25)20(8-15)31-13(3)26/h5-11H,1H2,2-4H3. The van der Waals surface area contributed by atoms with E-state index in [9.17, 15) is 24.0 Å². The van der Waals surface area contributed by atoms with Crippen LogP contribution in [0, 0.1) is 0 Å². The third-order valence-electron chi connectivity index (χ3n) is 4.14. The molecule has 0 saturated heterocycles. The molecule has 3 rings (SSSR count). The van der Waals surface area contributed by atoms with Crippen LogP contribution in [0.4, 0.5) is 0 Å². The molecule has 0 N–H and O–H groups in total. The summed E-state index contributed by atoms with van der Waals surface area (Å²) >= 11 is 0. The predicted octanol–water partition coefficient (Wildman–Crippen LogP) is 3.33. The Bertz CT molecular complexity index is 1400. The lowest BCUT2D eigenvalue weighted by atomic mass is 10.1. The Morgan fingerprint density at radius 3 is 2.03 bits per heavy atom. The average Bonchev–Trinajstić information content (AvgIpc) is 2.73. The van der Waals surface area contributed by atoms with Crippen molar-refractivity contribution in [3.8, 4) is 34.3 Å². The minimum absolute atomic E-state index is 0.00893. The zero-order valence-corrected chi connectivity index (χ0v) is 18.3. The van der Waals surface area contributed by atoms with E-state index in [0.717, 1.165) is 19.1 Å². The van der Waals surface area contributed by atoms with E-state index in [1.54, 1.807) is 0 Å². The summed E-state index contributed by atoms with van der Waals surface area (Å²) in [6.45, 7) is 6.81. The number of benzene rings is 2. The highest BCUT2D eigenvalue weighted by Gasteiger charge is 2.18. The molecular weight excluding hydrogens is 448 g/mol. The Morgan fingerprint density at radius 1 is 0.794 bits per heavy atom. The summed E-state index contributed by atoms with van der Waals surface area (Å²) in [6, 6.07) is 7.81. The molecule has 0 bridgehead atoms. The fraction of sp³-hybridized carbons (Fsp3) is 0.125. The summed E-state index contributed by atoms with van der Waals surface area (Å²) in [5.74, 6) is -3.03. The number of carbonyl (C=O) groups is 4. The van der Waals surface area contributed by atoms with Crippen LogP contribution in [0.5, 0.6) is 23.0 Å². The fourth-order valence-corrected chi connectivity index (χ4v) is 2.96. The van der Waals surface area contributed by atoms with Gasteiger partial charge in [0.25, 0.3) is 0 Å². The molecule has 0 radical (unpaired) electrons. The van der Waals surface area contributed by atoms with Crippen LogP contribution >= 0.6 is 0 Å². The monoisotopic (exact) mass is 466 g/mol. The number of esters is 4. The van der Waals surface area contributed by atoms with Gasteiger partial charge in [0.15, 0.2) is 16.9 Å². The summed E-state index contributed by atoms with van der Waals surface area (Å²) in [6.07, 6.45) is 0.934. The topological polar surface area (TPSA) is 135 Å². The predicted molar refractivity (Wildman–Crippen MR) is 118 cm³/mol. The molecule has 0 unspecified atom stereocenters. The molecule has 174 valence electrons. The van der Waals surface area contributed by atoms with Gasteiger partial charge in [0.2, 0.25) is 0 Å². The van der Waals surface area contributed by atoms with Gasteiger partial charge >= 0.3 is 23.9 Å². The van der Waals surface area contributed by atoms with Crippen LogP contribution in [0.2, 0.25) is 0 Å². The quantitative estimate of drug-likeness (QED) is 0.302. The molecule has 0 aliphatic rings. The first kappa shape index (κ1) is 23.9. The van der Waals surface area contributed by atoms with Crippen LogP contribution in [0.3, 0.4) is 0 Å². The Hall–Kier alpha value is -4.73. The fourth-order valence-electron chi connectivity index (χ4n) is 2.96. The van der Waals surface area contributed by atoms with Crippen LogP contribution in [-0.4, -0.2) is 23.9 Å². The van der Waals surface area contributed by atoms with Gasteiger partial charge in [-0.05, 0) is 18.2 Å². The highest BCUT2D eigenvalue weighted by atomic mass is 16.6. The minimum atomic E-state index is -0.779. The molecule has 0 spiro atoms. The van der Waals surface area contributed by atoms with Crippen LogP contribution in [-0.2, 0) is 19.2 Å². The number of carbonyl (C=O) groups excluding carboxylic acids is 4. The Morgan fingerprint density at radius 2 is 1.41 bits per heavy atom. The van der Waals surface area contributed by atoms with Gasteiger partial charge in [-0.25, -0.2) is 4.79 Å². The maximum Gasteiger partial charge on any atom is 0.335 e. The van der Waals surface area contributed by atoms with Crippen molar-refractivity contribution in [2.75, 3.05) is 0 Å². The van der Waals surface area contributed by atoms with E-state index in [0.29, 0.717) is 5.56 Å². The number of rotatable bonds is 6. The smallest absolute Gasteiger partial charge is 0.335 e. The second-order valence-electron chi connectivity index (χ2n) is 6.84. The van der Waals surface area contributed by atoms with E-state index in [1.807, 2.05) is 0 Å². The van der Waals surface area contributed by atoms with Crippen molar-refractivity contribution in [3.05, 3.63) is 59.3 Å². The molecule has 34 heavy (non-hydrogen) atoms. The van der Waals surface area contributed by atoms with Gasteiger partial charge in [-0.15, -0.1) is 0 Å². The highest BCUT2D eigenvalue weighted by molar-refractivity contribution is 5.90. The van der Waals surface area contributed by atoms with E-state index >= 15 is 0 Å². The van der Waals surface area contributed by atoms with E-state index in [2.05, 4.69) is 6.58 Å². The van der Waals surface area contributed by atoms with Crippen molar-refractivity contribution in [3.63, 3.8) is 0 Å². The SMILES string of the molecule is C=CC(=O)Oc1cc(OC(C)=O)c2c(=O)cc(-c3ccc(OC(C)=O)c(OC(C)=O)c3)oc2c1. The molecule has 0 aliphatic heterocycles. The van der Waals surface area contributed by atoms with Crippen molar-refractivity contribution in [1.82, 2.24) is 0 Å². The highest BCUT2D eigenvalue weighted by Crippen LogP contribution is 2.36. The lowest BCUT2D eigenvalue weighted by Crippen LogP contribution is -2.09. The zero-order chi connectivity index (χ0) is 25.0. The Balaban J connectivity index is 2.20. The van der Waals surface area contributed by atoms with Crippen LogP contribution in [0.15, 0.2) is 58.3 Å². The lowest BCUT2D eigenvalue weighted by molar-refractivity contribution is -0.134. The zero-order valence-electron chi connectivity index (χ0n) is 18.3. The van der Waals surface area contributed by atoms with Gasteiger partial charge in [-0.3, -0.25) is 19.2 Å². The van der Waals surface area contributed by atoms with Crippen molar-refractivity contribution >= 4 is 34.8 Å². The second kappa shape index (κ2) is 9.82. The molecule has 0 atom stereocenters. The van der Waals surface area contributed by atoms with Gasteiger partial charge in [-0.2, -0.15) is 0 Å². The number of hydrogen-bond acceptors (Lipinski definition) is 10. The molecule has 0 fully saturated rings. The molecule has 1 heterocycles. The molecule has 3 aromatic rings. The Labute approximate surface area is 192 Å². The van der Waals surface area contributed by atoms with Crippen LogP contribution in [0.1, 0.15) is 20.8 Å². The first-order valence-electron chi connectivity index (χ1n) is 9.73. The second-order valence-corrected chi connectivity index (χ2v) is 6.84. The van der Waals surface area contributed by atoms with Crippen molar-refractivity contribution < 1.29 is 42.5 Å². The largest absolute Gasteiger partial charge is 0.456 e. The van der Waals surface area contributed by atoms with E-state index in [4.69, 9.17) is 23.4 Å². The molecule has 0 saturated carbocycles. The third kappa shape index (κ3) is 5.54. The van der Waals surface area contributed by atoms with Crippen LogP contribution < -0.4 is 24.4 Å². The molecule has 0 aliphatic carbocycles. The van der Waals surface area contributed by atoms with Crippen molar-refractivity contribution in [2.45, 2.75) is 20.8 Å². The minimum Gasteiger partial charge on any atom is -0.456 e. The summed E-state index contributed by atoms with van der Waals surface area (Å²) in [5.41, 5.74) is -0.313. The summed E-state index contributed by atoms with van der Waals surface area (Å²) < 4.78 is 26.2. The molecular formula is C24H18O10. The number of ether oxygens (including phenoxy) is 4. The normalized spacial score (nSPS) is 10.3. The summed E-state index contributed by atoms with van der Waals surface area (Å²) in [7, 11) is 0. The van der Waals surface area contributed by atoms with Gasteiger partial charge in [0.05, 0.1) is 0 Å². The van der Waals surface area contributed by atoms with Gasteiger partial charge < -0.3 is 23.4 Å². The van der Waals surface area contributed by atoms with E-state index < -0.39 is 29.3 Å². The maximum absolute atomic E-state index is 12.9. The van der Waals surface area contributed by atoms with E-state index in [-0.39, 0.29) is 39.7 Å². The van der Waals surface area contributed by atoms with Gasteiger partial charge in [0, 0.05) is 50.6 Å². The third-order valence-corrected chi connectivity index (χ3v) is 4.14. The molecule has 10 heteroatoms. The maximum atomic E-state index is 12.9. The first-order valence-corrected chi connectivity index (χ1v) is 9.73. The average molecular weight is 466 g/mol. The summed E-state index contributed by atoms with van der Waals surface area (Å²) in [4.78, 5) is 58.9. The first-order chi connectivity index (χ1) is 16.1. The van der Waals surface area contributed by atoms with Gasteiger partial charge in [0.1, 0.15) is 28.2 Å². The molecule has 0 amide bonds. The Kier molecular flexibility index (Phi) is 6.91. The molecule has 2 aromatic carbocycles. The molecule has 10 nitrogen and oxygen atoms in total. The summed E-state index contributed by atoms with van der Waals surface area (Å²) in [5, 5.41) is -0.0610. The van der Waals surface area contributed by atoms with Gasteiger partial charge in [-0.1, -0.05) is 6.58 Å². The number of hydrogen-bond donors (Lipinski definition) is 0. The van der Waals surface area contributed by atoms with Crippen molar-refractivity contribution in [2.24, 2.45) is 0 Å². The molecule has 1 aromatic heterocycles.